The highest BCUT2D eigenvalue weighted by Gasteiger charge is 2.04. The van der Waals surface area contributed by atoms with Crippen LogP contribution >= 0.6 is 11.6 Å². The van der Waals surface area contributed by atoms with Gasteiger partial charge in [0, 0.05) is 16.3 Å². The second-order valence-corrected chi connectivity index (χ2v) is 4.82. The molecule has 3 heteroatoms. The molecule has 0 unspecified atom stereocenters. The zero-order valence-corrected chi connectivity index (χ0v) is 11.3. The van der Waals surface area contributed by atoms with E-state index in [-0.39, 0.29) is 0 Å². The molecule has 0 fully saturated rings. The molecule has 0 aromatic heterocycles. The first-order valence-corrected chi connectivity index (χ1v) is 6.18. The SMILES string of the molecule is Cc1ccc(OCc2ccc(N)cc2Cl)c(C)c1. The molecular weight excluding hydrogens is 246 g/mol. The first-order valence-electron chi connectivity index (χ1n) is 5.80. The van der Waals surface area contributed by atoms with Crippen LogP contribution in [0.4, 0.5) is 5.69 Å². The van der Waals surface area contributed by atoms with Gasteiger partial charge in [-0.25, -0.2) is 0 Å². The Morgan fingerprint density at radius 3 is 2.56 bits per heavy atom. The van der Waals surface area contributed by atoms with Gasteiger partial charge >= 0.3 is 0 Å². The Balaban J connectivity index is 2.11. The van der Waals surface area contributed by atoms with Crippen LogP contribution in [0.5, 0.6) is 5.75 Å². The number of rotatable bonds is 3. The Morgan fingerprint density at radius 2 is 1.89 bits per heavy atom. The van der Waals surface area contributed by atoms with E-state index in [4.69, 9.17) is 22.1 Å². The van der Waals surface area contributed by atoms with Gasteiger partial charge in [0.25, 0.3) is 0 Å². The van der Waals surface area contributed by atoms with E-state index in [1.54, 1.807) is 6.07 Å². The van der Waals surface area contributed by atoms with Crippen molar-refractivity contribution in [3.05, 3.63) is 58.1 Å². The molecule has 0 heterocycles. The average Bonchev–Trinajstić information content (AvgIpc) is 2.30. The van der Waals surface area contributed by atoms with Gasteiger partial charge in [0.05, 0.1) is 0 Å². The Morgan fingerprint density at radius 1 is 1.11 bits per heavy atom. The van der Waals surface area contributed by atoms with Gasteiger partial charge in [-0.2, -0.15) is 0 Å². The third-order valence-corrected chi connectivity index (χ3v) is 3.14. The van der Waals surface area contributed by atoms with Gasteiger partial charge in [-0.3, -0.25) is 0 Å². The van der Waals surface area contributed by atoms with Crippen molar-refractivity contribution in [1.29, 1.82) is 0 Å². The lowest BCUT2D eigenvalue weighted by atomic mass is 10.1. The third kappa shape index (κ3) is 2.96. The average molecular weight is 262 g/mol. The standard InChI is InChI=1S/C15H16ClNO/c1-10-3-6-15(11(2)7-10)18-9-12-4-5-13(17)8-14(12)16/h3-8H,9,17H2,1-2H3. The molecule has 2 nitrogen and oxygen atoms in total. The fourth-order valence-electron chi connectivity index (χ4n) is 1.80. The number of hydrogen-bond donors (Lipinski definition) is 1. The molecule has 94 valence electrons. The molecule has 18 heavy (non-hydrogen) atoms. The van der Waals surface area contributed by atoms with Gasteiger partial charge in [-0.15, -0.1) is 0 Å². The maximum absolute atomic E-state index is 6.10. The van der Waals surface area contributed by atoms with Gasteiger partial charge < -0.3 is 10.5 Å². The van der Waals surface area contributed by atoms with E-state index < -0.39 is 0 Å². The summed E-state index contributed by atoms with van der Waals surface area (Å²) in [6.07, 6.45) is 0. The van der Waals surface area contributed by atoms with E-state index in [2.05, 4.69) is 13.0 Å². The van der Waals surface area contributed by atoms with E-state index in [0.717, 1.165) is 16.9 Å². The van der Waals surface area contributed by atoms with Crippen molar-refractivity contribution in [3.8, 4) is 5.75 Å². The maximum Gasteiger partial charge on any atom is 0.122 e. The molecule has 2 aromatic rings. The van der Waals surface area contributed by atoms with Crippen LogP contribution in [0.15, 0.2) is 36.4 Å². The molecule has 0 bridgehead atoms. The minimum absolute atomic E-state index is 0.447. The van der Waals surface area contributed by atoms with Gasteiger partial charge in [-0.05, 0) is 37.6 Å². The highest BCUT2D eigenvalue weighted by atomic mass is 35.5. The Kier molecular flexibility index (Phi) is 3.78. The second-order valence-electron chi connectivity index (χ2n) is 4.41. The molecule has 0 aliphatic heterocycles. The summed E-state index contributed by atoms with van der Waals surface area (Å²) in [7, 11) is 0. The van der Waals surface area contributed by atoms with Gasteiger partial charge in [0.2, 0.25) is 0 Å². The van der Waals surface area contributed by atoms with Gasteiger partial charge in [-0.1, -0.05) is 35.4 Å². The van der Waals surface area contributed by atoms with E-state index >= 15 is 0 Å². The van der Waals surface area contributed by atoms with Crippen LogP contribution in [0.25, 0.3) is 0 Å². The van der Waals surface area contributed by atoms with Crippen molar-refractivity contribution >= 4 is 17.3 Å². The first kappa shape index (κ1) is 12.8. The van der Waals surface area contributed by atoms with Crippen LogP contribution in [-0.2, 0) is 6.61 Å². The maximum atomic E-state index is 6.10. The monoisotopic (exact) mass is 261 g/mol. The normalized spacial score (nSPS) is 10.4. The van der Waals surface area contributed by atoms with E-state index in [0.29, 0.717) is 17.3 Å². The number of hydrogen-bond acceptors (Lipinski definition) is 2. The summed E-state index contributed by atoms with van der Waals surface area (Å²) in [5.74, 6) is 0.883. The smallest absolute Gasteiger partial charge is 0.122 e. The lowest BCUT2D eigenvalue weighted by Crippen LogP contribution is -1.98. The zero-order valence-electron chi connectivity index (χ0n) is 10.5. The number of aryl methyl sites for hydroxylation is 2. The van der Waals surface area contributed by atoms with E-state index in [9.17, 15) is 0 Å². The number of halogens is 1. The summed E-state index contributed by atoms with van der Waals surface area (Å²) in [6.45, 7) is 4.55. The minimum atomic E-state index is 0.447. The molecule has 0 aliphatic rings. The summed E-state index contributed by atoms with van der Waals surface area (Å²) in [5.41, 5.74) is 9.60. The lowest BCUT2D eigenvalue weighted by Gasteiger charge is -2.11. The lowest BCUT2D eigenvalue weighted by molar-refractivity contribution is 0.304. The van der Waals surface area contributed by atoms with Gasteiger partial charge in [0.1, 0.15) is 12.4 Å². The van der Waals surface area contributed by atoms with E-state index in [1.165, 1.54) is 5.56 Å². The predicted molar refractivity (Wildman–Crippen MR) is 76.1 cm³/mol. The molecule has 2 aromatic carbocycles. The van der Waals surface area contributed by atoms with Crippen LogP contribution in [0.2, 0.25) is 5.02 Å². The van der Waals surface area contributed by atoms with Gasteiger partial charge in [0.15, 0.2) is 0 Å². The largest absolute Gasteiger partial charge is 0.489 e. The molecule has 0 saturated carbocycles. The fourth-order valence-corrected chi connectivity index (χ4v) is 2.04. The minimum Gasteiger partial charge on any atom is -0.489 e. The van der Waals surface area contributed by atoms with Crippen molar-refractivity contribution < 1.29 is 4.74 Å². The molecule has 0 aliphatic carbocycles. The number of nitrogens with two attached hydrogens (primary N) is 1. The summed E-state index contributed by atoms with van der Waals surface area (Å²) >= 11 is 6.10. The molecule has 0 radical (unpaired) electrons. The van der Waals surface area contributed by atoms with Crippen LogP contribution in [0, 0.1) is 13.8 Å². The Labute approximate surface area is 112 Å². The van der Waals surface area contributed by atoms with Crippen molar-refractivity contribution in [2.75, 3.05) is 5.73 Å². The van der Waals surface area contributed by atoms with Crippen LogP contribution in [0.3, 0.4) is 0 Å². The molecular formula is C15H16ClNO. The predicted octanol–water partition coefficient (Wildman–Crippen LogP) is 4.12. The number of anilines is 1. The molecule has 0 spiro atoms. The molecule has 2 rings (SSSR count). The van der Waals surface area contributed by atoms with Crippen molar-refractivity contribution in [2.45, 2.75) is 20.5 Å². The van der Waals surface area contributed by atoms with Crippen LogP contribution < -0.4 is 10.5 Å². The zero-order chi connectivity index (χ0) is 13.1. The Bertz CT molecular complexity index is 515. The number of ether oxygens (including phenoxy) is 1. The summed E-state index contributed by atoms with van der Waals surface area (Å²) in [4.78, 5) is 0. The highest BCUT2D eigenvalue weighted by molar-refractivity contribution is 6.31. The van der Waals surface area contributed by atoms with E-state index in [1.807, 2.05) is 31.2 Å². The second kappa shape index (κ2) is 5.32. The van der Waals surface area contributed by atoms with Crippen LogP contribution in [-0.4, -0.2) is 0 Å². The summed E-state index contributed by atoms with van der Waals surface area (Å²) in [6, 6.07) is 11.6. The van der Waals surface area contributed by atoms with Crippen molar-refractivity contribution in [1.82, 2.24) is 0 Å². The number of benzene rings is 2. The summed E-state index contributed by atoms with van der Waals surface area (Å²) in [5, 5.41) is 0.639. The highest BCUT2D eigenvalue weighted by Crippen LogP contribution is 2.23. The quantitative estimate of drug-likeness (QED) is 0.844. The first-order chi connectivity index (χ1) is 8.56. The topological polar surface area (TPSA) is 35.2 Å². The van der Waals surface area contributed by atoms with Crippen LogP contribution in [0.1, 0.15) is 16.7 Å². The molecule has 0 saturated heterocycles. The molecule has 2 N–H and O–H groups in total. The molecule has 0 amide bonds. The van der Waals surface area contributed by atoms with Crippen molar-refractivity contribution in [2.24, 2.45) is 0 Å². The fraction of sp³-hybridized carbons (Fsp3) is 0.200. The van der Waals surface area contributed by atoms with Crippen molar-refractivity contribution in [3.63, 3.8) is 0 Å². The summed E-state index contributed by atoms with van der Waals surface area (Å²) < 4.78 is 5.77. The third-order valence-electron chi connectivity index (χ3n) is 2.79. The Hall–Kier alpha value is -1.67. The molecule has 0 atom stereocenters. The number of nitrogen functional groups attached to an aromatic ring is 1.